The lowest BCUT2D eigenvalue weighted by atomic mass is 10.1. The summed E-state index contributed by atoms with van der Waals surface area (Å²) < 4.78 is 23.0. The van der Waals surface area contributed by atoms with Crippen LogP contribution in [0.4, 0.5) is 10.5 Å². The Hall–Kier alpha value is -1.59. The van der Waals surface area contributed by atoms with Crippen LogP contribution < -0.4 is 9.70 Å². The molecule has 2 aliphatic rings. The zero-order valence-electron chi connectivity index (χ0n) is 22.8. The molecule has 0 fully saturated rings. The molecule has 0 saturated heterocycles. The van der Waals surface area contributed by atoms with Gasteiger partial charge in [-0.1, -0.05) is 33.9 Å². The highest BCUT2D eigenvalue weighted by molar-refractivity contribution is 7.95. The molecule has 0 radical (unpaired) electrons. The van der Waals surface area contributed by atoms with E-state index in [-0.39, 0.29) is 5.04 Å². The Kier molecular flexibility index (Phi) is 7.09. The third-order valence-electron chi connectivity index (χ3n) is 7.69. The lowest BCUT2D eigenvalue weighted by Gasteiger charge is -2.37. The second-order valence-electron chi connectivity index (χ2n) is 12.2. The molecule has 198 valence electrons. The van der Waals surface area contributed by atoms with Gasteiger partial charge in [0.2, 0.25) is 0 Å². The Morgan fingerprint density at radius 3 is 2.11 bits per heavy atom. The van der Waals surface area contributed by atoms with Gasteiger partial charge < -0.3 is 10.4 Å². The van der Waals surface area contributed by atoms with Crippen molar-refractivity contribution in [2.45, 2.75) is 108 Å². The van der Waals surface area contributed by atoms with Crippen LogP contribution in [-0.2, 0) is 41.2 Å². The first-order chi connectivity index (χ1) is 16.5. The van der Waals surface area contributed by atoms with E-state index in [1.165, 1.54) is 11.3 Å². The van der Waals surface area contributed by atoms with E-state index in [2.05, 4.69) is 47.9 Å². The third-order valence-corrected chi connectivity index (χ3v) is 18.1. The molecule has 0 aliphatic heterocycles. The fraction of sp³-hybridized carbons (Fsp3) is 0.615. The number of nitrogens with zero attached hydrogens (tertiary/aromatic N) is 2. The van der Waals surface area contributed by atoms with Crippen LogP contribution in [0.5, 0.6) is 0 Å². The van der Waals surface area contributed by atoms with Crippen molar-refractivity contribution in [3.63, 3.8) is 0 Å². The van der Waals surface area contributed by atoms with Crippen LogP contribution in [0, 0.1) is 6.92 Å². The number of hydrogen-bond acceptors (Lipinski definition) is 5. The van der Waals surface area contributed by atoms with Crippen molar-refractivity contribution in [1.29, 1.82) is 0 Å². The summed E-state index contributed by atoms with van der Waals surface area (Å²) in [4.78, 5) is 19.1. The number of anilines is 1. The number of nitrogens with one attached hydrogen (secondary N) is 2. The van der Waals surface area contributed by atoms with Gasteiger partial charge in [-0.2, -0.15) is 0 Å². The lowest BCUT2D eigenvalue weighted by molar-refractivity contribution is 0.0825. The summed E-state index contributed by atoms with van der Waals surface area (Å²) in [5.74, 6) is 0. The molecular formula is C26H40N4O3S2Si. The molecule has 4 rings (SSSR count). The van der Waals surface area contributed by atoms with Crippen LogP contribution in [0.2, 0.25) is 18.1 Å². The molecule has 2 aliphatic carbocycles. The van der Waals surface area contributed by atoms with Crippen molar-refractivity contribution in [2.75, 3.05) is 5.32 Å². The highest BCUT2D eigenvalue weighted by Gasteiger charge is 2.40. The first-order valence-corrected chi connectivity index (χ1v) is 18.1. The molecule has 10 heteroatoms. The number of carbonyl (C=O) groups excluding carboxylic acids is 1. The molecule has 1 atom stereocenters. The monoisotopic (exact) mass is 548 g/mol. The Morgan fingerprint density at radius 2 is 1.64 bits per heavy atom. The van der Waals surface area contributed by atoms with Gasteiger partial charge in [0, 0.05) is 16.3 Å². The Labute approximate surface area is 220 Å². The van der Waals surface area contributed by atoms with E-state index < -0.39 is 29.8 Å². The van der Waals surface area contributed by atoms with E-state index in [4.69, 9.17) is 4.98 Å². The summed E-state index contributed by atoms with van der Waals surface area (Å²) in [6.45, 7) is 15.9. The van der Waals surface area contributed by atoms with Gasteiger partial charge in [0.25, 0.3) is 0 Å². The van der Waals surface area contributed by atoms with E-state index in [1.807, 2.05) is 13.0 Å². The van der Waals surface area contributed by atoms with E-state index in [0.29, 0.717) is 9.09 Å². The Balaban J connectivity index is 1.81. The summed E-state index contributed by atoms with van der Waals surface area (Å²) in [5, 5.41) is 13.5. The molecule has 3 N–H and O–H groups in total. The SMILES string of the molecule is Cc1cc(C(C)(C)O)sc1S(=O)(=NC(=O)Nc1c2c(nc3c1CCC3)CCC2)N[Si](C)(C)C(C)(C)C. The second-order valence-corrected chi connectivity index (χ2v) is 20.7. The van der Waals surface area contributed by atoms with E-state index in [9.17, 15) is 14.1 Å². The average molecular weight is 549 g/mol. The minimum Gasteiger partial charge on any atom is -0.385 e. The maximum Gasteiger partial charge on any atom is 0.354 e. The smallest absolute Gasteiger partial charge is 0.354 e. The maximum absolute atomic E-state index is 14.7. The van der Waals surface area contributed by atoms with Crippen molar-refractivity contribution < 1.29 is 14.1 Å². The highest BCUT2D eigenvalue weighted by atomic mass is 32.2. The molecule has 0 bridgehead atoms. The van der Waals surface area contributed by atoms with Crippen LogP contribution in [0.1, 0.15) is 80.4 Å². The third kappa shape index (κ3) is 5.20. The van der Waals surface area contributed by atoms with Crippen molar-refractivity contribution in [1.82, 2.24) is 9.37 Å². The van der Waals surface area contributed by atoms with Crippen LogP contribution in [0.3, 0.4) is 0 Å². The molecule has 2 amide bonds. The molecule has 36 heavy (non-hydrogen) atoms. The van der Waals surface area contributed by atoms with Crippen molar-refractivity contribution in [3.8, 4) is 0 Å². The molecular weight excluding hydrogens is 509 g/mol. The topological polar surface area (TPSA) is 104 Å². The number of carbonyl (C=O) groups is 1. The zero-order chi connectivity index (χ0) is 26.7. The molecule has 0 saturated carbocycles. The average Bonchev–Trinajstić information content (AvgIpc) is 3.44. The van der Waals surface area contributed by atoms with Gasteiger partial charge in [-0.25, -0.2) is 13.4 Å². The molecule has 0 aromatic carbocycles. The molecule has 0 spiro atoms. The molecule has 1 unspecified atom stereocenters. The van der Waals surface area contributed by atoms with Crippen molar-refractivity contribution in [3.05, 3.63) is 39.0 Å². The van der Waals surface area contributed by atoms with Crippen LogP contribution in [0.15, 0.2) is 14.6 Å². The number of thiophene rings is 1. The standard InChI is InChI=1S/C26H40N4O3S2Si/c1-16-15-21(26(5,6)32)34-23(16)35(33,30-36(7,8)25(2,3)4)29-24(31)28-22-17-11-9-13-19(17)27-20-14-10-12-18(20)22/h15,32H,9-14H2,1-8H3,(H2,27,28,29,30,31,33). The number of aryl methyl sites for hydroxylation is 3. The minimum absolute atomic E-state index is 0.126. The Bertz CT molecular complexity index is 1290. The number of amides is 2. The molecule has 2 aromatic rings. The van der Waals surface area contributed by atoms with Gasteiger partial charge in [0.05, 0.1) is 11.3 Å². The van der Waals surface area contributed by atoms with Gasteiger partial charge in [0.15, 0.2) is 0 Å². The molecule has 2 aromatic heterocycles. The van der Waals surface area contributed by atoms with Crippen molar-refractivity contribution >= 4 is 41.2 Å². The normalized spacial score (nSPS) is 17.5. The van der Waals surface area contributed by atoms with Crippen molar-refractivity contribution in [2.24, 2.45) is 4.36 Å². The predicted molar refractivity (Wildman–Crippen MR) is 151 cm³/mol. The summed E-state index contributed by atoms with van der Waals surface area (Å²) >= 11 is 1.26. The van der Waals surface area contributed by atoms with E-state index in [1.54, 1.807) is 13.8 Å². The fourth-order valence-corrected chi connectivity index (χ4v) is 12.1. The first kappa shape index (κ1) is 27.4. The maximum atomic E-state index is 14.7. The quantitative estimate of drug-likeness (QED) is 0.386. The number of urea groups is 1. The summed E-state index contributed by atoms with van der Waals surface area (Å²) in [7, 11) is -5.65. The fourth-order valence-electron chi connectivity index (χ4n) is 4.63. The predicted octanol–water partition coefficient (Wildman–Crippen LogP) is 6.23. The minimum atomic E-state index is -3.31. The number of rotatable bonds is 5. The highest BCUT2D eigenvalue weighted by Crippen LogP contribution is 2.40. The summed E-state index contributed by atoms with van der Waals surface area (Å²) in [5.41, 5.74) is 4.90. The summed E-state index contributed by atoms with van der Waals surface area (Å²) in [6.07, 6.45) is 5.70. The number of aliphatic hydroxyl groups is 1. The molecule has 2 heterocycles. The second kappa shape index (κ2) is 9.30. The lowest BCUT2D eigenvalue weighted by Crippen LogP contribution is -2.54. The van der Waals surface area contributed by atoms with E-state index >= 15 is 0 Å². The Morgan fingerprint density at radius 1 is 1.08 bits per heavy atom. The summed E-state index contributed by atoms with van der Waals surface area (Å²) in [6, 6.07) is 1.25. The van der Waals surface area contributed by atoms with Gasteiger partial charge in [0.1, 0.15) is 22.4 Å². The van der Waals surface area contributed by atoms with Crippen LogP contribution >= 0.6 is 11.3 Å². The van der Waals surface area contributed by atoms with Crippen LogP contribution in [-0.4, -0.2) is 28.6 Å². The van der Waals surface area contributed by atoms with Crippen LogP contribution in [0.25, 0.3) is 0 Å². The zero-order valence-corrected chi connectivity index (χ0v) is 25.4. The number of fused-ring (bicyclic) bond motifs is 2. The van der Waals surface area contributed by atoms with Gasteiger partial charge >= 0.3 is 6.03 Å². The number of aromatic nitrogens is 1. The number of hydrogen-bond donors (Lipinski definition) is 3. The molecule has 7 nitrogen and oxygen atoms in total. The first-order valence-electron chi connectivity index (χ1n) is 12.8. The van der Waals surface area contributed by atoms with Gasteiger partial charge in [-0.3, -0.25) is 4.98 Å². The largest absolute Gasteiger partial charge is 0.385 e. The van der Waals surface area contributed by atoms with E-state index in [0.717, 1.165) is 72.3 Å². The van der Waals surface area contributed by atoms with Gasteiger partial charge in [-0.05, 0) is 87.1 Å². The van der Waals surface area contributed by atoms with Gasteiger partial charge in [-0.15, -0.1) is 15.7 Å². The number of pyridine rings is 1.